The predicted octanol–water partition coefficient (Wildman–Crippen LogP) is 4.17. The molecule has 0 aliphatic carbocycles. The van der Waals surface area contributed by atoms with Gasteiger partial charge in [-0.25, -0.2) is 4.39 Å². The molecule has 0 spiro atoms. The number of carbonyl (C=O) groups excluding carboxylic acids is 2. The van der Waals surface area contributed by atoms with E-state index in [2.05, 4.69) is 10.4 Å². The number of carbonyl (C=O) groups is 2. The summed E-state index contributed by atoms with van der Waals surface area (Å²) < 4.78 is 20.0. The van der Waals surface area contributed by atoms with Crippen molar-refractivity contribution < 1.29 is 18.4 Å². The summed E-state index contributed by atoms with van der Waals surface area (Å²) in [6.45, 7) is 1.75. The Morgan fingerprint density at radius 3 is 2.85 bits per heavy atom. The number of anilines is 1. The molecule has 0 aliphatic rings. The van der Waals surface area contributed by atoms with Gasteiger partial charge in [-0.3, -0.25) is 14.3 Å². The van der Waals surface area contributed by atoms with E-state index >= 15 is 0 Å². The molecule has 0 saturated heterocycles. The van der Waals surface area contributed by atoms with Crippen LogP contribution in [0.1, 0.15) is 28.8 Å². The van der Waals surface area contributed by atoms with Crippen molar-refractivity contribution in [3.63, 3.8) is 0 Å². The lowest BCUT2D eigenvalue weighted by Gasteiger charge is -2.00. The molecule has 8 heteroatoms. The van der Waals surface area contributed by atoms with Crippen LogP contribution in [0.5, 0.6) is 0 Å². The molecule has 0 bridgehead atoms. The number of furan rings is 1. The molecule has 2 heterocycles. The zero-order valence-electron chi connectivity index (χ0n) is 14.3. The van der Waals surface area contributed by atoms with Crippen LogP contribution < -0.4 is 5.32 Å². The highest BCUT2D eigenvalue weighted by Gasteiger charge is 2.08. The summed E-state index contributed by atoms with van der Waals surface area (Å²) in [5.74, 6) is -0.113. The molecule has 1 amide bonds. The molecule has 1 N–H and O–H groups in total. The third kappa shape index (κ3) is 4.92. The Labute approximate surface area is 159 Å². The minimum absolute atomic E-state index is 0.150. The monoisotopic (exact) mass is 387 g/mol. The molecule has 1 aromatic carbocycles. The second-order valence-electron chi connectivity index (χ2n) is 5.74. The first-order valence-electron chi connectivity index (χ1n) is 7.97. The van der Waals surface area contributed by atoms with Crippen molar-refractivity contribution in [2.45, 2.75) is 13.5 Å². The third-order valence-corrected chi connectivity index (χ3v) is 3.93. The van der Waals surface area contributed by atoms with Crippen LogP contribution in [0.2, 0.25) is 5.02 Å². The number of aromatic nitrogens is 2. The number of Topliss-reactive ketones (excluding diaryl/α,β-unsaturated/α-hetero) is 1. The maximum atomic E-state index is 13.0. The molecule has 0 aliphatic heterocycles. The van der Waals surface area contributed by atoms with Gasteiger partial charge < -0.3 is 9.73 Å². The molecule has 0 atom stereocenters. The molecule has 0 fully saturated rings. The number of benzene rings is 1. The second-order valence-corrected chi connectivity index (χ2v) is 6.14. The normalized spacial score (nSPS) is 11.1. The molecule has 0 unspecified atom stereocenters. The summed E-state index contributed by atoms with van der Waals surface area (Å²) in [4.78, 5) is 23.2. The number of hydrogen-bond donors (Lipinski definition) is 1. The molecule has 0 saturated carbocycles. The topological polar surface area (TPSA) is 77.1 Å². The lowest BCUT2D eigenvalue weighted by Crippen LogP contribution is -2.07. The number of hydrogen-bond acceptors (Lipinski definition) is 4. The smallest absolute Gasteiger partial charge is 0.248 e. The van der Waals surface area contributed by atoms with E-state index in [1.165, 1.54) is 43.5 Å². The number of nitrogens with one attached hydrogen (secondary N) is 1. The Balaban J connectivity index is 1.60. The predicted molar refractivity (Wildman–Crippen MR) is 99.1 cm³/mol. The van der Waals surface area contributed by atoms with Crippen LogP contribution in [0.3, 0.4) is 0 Å². The second kappa shape index (κ2) is 8.01. The summed E-state index contributed by atoms with van der Waals surface area (Å²) in [6, 6.07) is 7.23. The van der Waals surface area contributed by atoms with E-state index in [4.69, 9.17) is 16.0 Å². The van der Waals surface area contributed by atoms with Gasteiger partial charge in [-0.2, -0.15) is 5.10 Å². The summed E-state index contributed by atoms with van der Waals surface area (Å²) in [7, 11) is 0. The number of ketones is 1. The highest BCUT2D eigenvalue weighted by atomic mass is 35.5. The maximum Gasteiger partial charge on any atom is 0.248 e. The van der Waals surface area contributed by atoms with E-state index in [-0.39, 0.29) is 22.5 Å². The standard InChI is InChI=1S/C19H15ClFN3O3/c1-12(25)18-6-5-16(27-18)11-24-10-15(9-22-24)23-19(26)7-3-13-2-4-14(21)8-17(13)20/h2-10H,11H2,1H3,(H,23,26). The number of amides is 1. The molecule has 3 rings (SSSR count). The highest BCUT2D eigenvalue weighted by Crippen LogP contribution is 2.18. The molecular weight excluding hydrogens is 373 g/mol. The summed E-state index contributed by atoms with van der Waals surface area (Å²) in [6.07, 6.45) is 5.91. The van der Waals surface area contributed by atoms with Gasteiger partial charge in [-0.15, -0.1) is 0 Å². The molecule has 0 radical (unpaired) electrons. The molecule has 2 aromatic heterocycles. The Morgan fingerprint density at radius 1 is 1.33 bits per heavy atom. The first-order valence-corrected chi connectivity index (χ1v) is 8.35. The van der Waals surface area contributed by atoms with E-state index in [0.717, 1.165) is 0 Å². The Morgan fingerprint density at radius 2 is 2.15 bits per heavy atom. The fourth-order valence-electron chi connectivity index (χ4n) is 2.31. The van der Waals surface area contributed by atoms with Crippen molar-refractivity contribution in [1.29, 1.82) is 0 Å². The lowest BCUT2D eigenvalue weighted by molar-refractivity contribution is -0.111. The van der Waals surface area contributed by atoms with Crippen LogP contribution in [0.25, 0.3) is 6.08 Å². The maximum absolute atomic E-state index is 13.0. The zero-order chi connectivity index (χ0) is 19.4. The van der Waals surface area contributed by atoms with Crippen LogP contribution in [0, 0.1) is 5.82 Å². The summed E-state index contributed by atoms with van der Waals surface area (Å²) >= 11 is 5.91. The number of nitrogens with zero attached hydrogens (tertiary/aromatic N) is 2. The van der Waals surface area contributed by atoms with E-state index in [0.29, 0.717) is 23.6 Å². The SMILES string of the molecule is CC(=O)c1ccc(Cn2cc(NC(=O)C=Cc3ccc(F)cc3Cl)cn2)o1. The fourth-order valence-corrected chi connectivity index (χ4v) is 2.54. The van der Waals surface area contributed by atoms with Gasteiger partial charge >= 0.3 is 0 Å². The van der Waals surface area contributed by atoms with Gasteiger partial charge in [0.2, 0.25) is 5.91 Å². The lowest BCUT2D eigenvalue weighted by atomic mass is 10.2. The van der Waals surface area contributed by atoms with Crippen molar-refractivity contribution in [2.75, 3.05) is 5.32 Å². The number of halogens is 2. The van der Waals surface area contributed by atoms with Crippen molar-refractivity contribution >= 4 is 35.1 Å². The van der Waals surface area contributed by atoms with Gasteiger partial charge in [0.15, 0.2) is 11.5 Å². The first kappa shape index (κ1) is 18.6. The number of rotatable bonds is 6. The van der Waals surface area contributed by atoms with Crippen molar-refractivity contribution in [2.24, 2.45) is 0 Å². The molecular formula is C19H15ClFN3O3. The van der Waals surface area contributed by atoms with E-state index in [1.54, 1.807) is 23.0 Å². The fraction of sp³-hybridized carbons (Fsp3) is 0.105. The summed E-state index contributed by atoms with van der Waals surface area (Å²) in [5, 5.41) is 7.01. The van der Waals surface area contributed by atoms with Gasteiger partial charge in [-0.1, -0.05) is 17.7 Å². The van der Waals surface area contributed by atoms with E-state index in [9.17, 15) is 14.0 Å². The van der Waals surface area contributed by atoms with Crippen molar-refractivity contribution in [3.05, 3.63) is 76.7 Å². The van der Waals surface area contributed by atoms with Crippen LogP contribution in [-0.2, 0) is 11.3 Å². The Hall–Kier alpha value is -3.19. The van der Waals surface area contributed by atoms with Gasteiger partial charge in [0.05, 0.1) is 23.5 Å². The van der Waals surface area contributed by atoms with E-state index < -0.39 is 5.82 Å². The van der Waals surface area contributed by atoms with Crippen LogP contribution in [-0.4, -0.2) is 21.5 Å². The highest BCUT2D eigenvalue weighted by molar-refractivity contribution is 6.32. The zero-order valence-corrected chi connectivity index (χ0v) is 15.0. The minimum atomic E-state index is -0.444. The van der Waals surface area contributed by atoms with Crippen LogP contribution in [0.4, 0.5) is 10.1 Å². The van der Waals surface area contributed by atoms with Gasteiger partial charge in [-0.05, 0) is 35.9 Å². The van der Waals surface area contributed by atoms with Crippen LogP contribution >= 0.6 is 11.6 Å². The summed E-state index contributed by atoms with van der Waals surface area (Å²) in [5.41, 5.74) is 1.02. The molecule has 6 nitrogen and oxygen atoms in total. The average Bonchev–Trinajstić information content (AvgIpc) is 3.24. The molecule has 3 aromatic rings. The van der Waals surface area contributed by atoms with Crippen molar-refractivity contribution in [1.82, 2.24) is 9.78 Å². The largest absolute Gasteiger partial charge is 0.456 e. The Kier molecular flexibility index (Phi) is 5.52. The van der Waals surface area contributed by atoms with E-state index in [1.807, 2.05) is 0 Å². The molecule has 138 valence electrons. The van der Waals surface area contributed by atoms with Gasteiger partial charge in [0, 0.05) is 19.2 Å². The molecule has 27 heavy (non-hydrogen) atoms. The quantitative estimate of drug-likeness (QED) is 0.508. The van der Waals surface area contributed by atoms with Gasteiger partial charge in [0.25, 0.3) is 0 Å². The Bertz CT molecular complexity index is 1020. The minimum Gasteiger partial charge on any atom is -0.456 e. The van der Waals surface area contributed by atoms with Crippen molar-refractivity contribution in [3.8, 4) is 0 Å². The first-order chi connectivity index (χ1) is 12.9. The van der Waals surface area contributed by atoms with Crippen LogP contribution in [0.15, 0.2) is 53.2 Å². The van der Waals surface area contributed by atoms with Gasteiger partial charge in [0.1, 0.15) is 11.6 Å². The third-order valence-electron chi connectivity index (χ3n) is 3.60. The average molecular weight is 388 g/mol.